The van der Waals surface area contributed by atoms with Crippen molar-refractivity contribution in [2.45, 2.75) is 6.54 Å². The maximum Gasteiger partial charge on any atom is 0.101 e. The SMILES string of the molecule is N#Cc1ccccc1NCc1cccnc1. The molecule has 78 valence electrons. The quantitative estimate of drug-likeness (QED) is 0.845. The van der Waals surface area contributed by atoms with Crippen molar-refractivity contribution >= 4 is 5.69 Å². The summed E-state index contributed by atoms with van der Waals surface area (Å²) in [5, 5.41) is 12.1. The number of hydrogen-bond acceptors (Lipinski definition) is 3. The van der Waals surface area contributed by atoms with Gasteiger partial charge in [0.1, 0.15) is 6.07 Å². The van der Waals surface area contributed by atoms with E-state index >= 15 is 0 Å². The van der Waals surface area contributed by atoms with Crippen molar-refractivity contribution in [3.05, 3.63) is 59.9 Å². The van der Waals surface area contributed by atoms with Gasteiger partial charge in [-0.2, -0.15) is 5.26 Å². The second-order valence-corrected chi connectivity index (χ2v) is 3.37. The van der Waals surface area contributed by atoms with Crippen LogP contribution in [0.4, 0.5) is 5.69 Å². The zero-order valence-corrected chi connectivity index (χ0v) is 8.72. The van der Waals surface area contributed by atoms with Crippen LogP contribution < -0.4 is 5.32 Å². The minimum atomic E-state index is 0.659. The first-order chi connectivity index (χ1) is 7.90. The third-order valence-corrected chi connectivity index (χ3v) is 2.25. The van der Waals surface area contributed by atoms with Gasteiger partial charge in [0.2, 0.25) is 0 Å². The normalized spacial score (nSPS) is 9.44. The molecule has 1 heterocycles. The van der Waals surface area contributed by atoms with Crippen molar-refractivity contribution in [1.82, 2.24) is 4.98 Å². The fraction of sp³-hybridized carbons (Fsp3) is 0.0769. The van der Waals surface area contributed by atoms with Gasteiger partial charge in [0.05, 0.1) is 11.3 Å². The maximum absolute atomic E-state index is 8.91. The minimum absolute atomic E-state index is 0.659. The molecule has 0 amide bonds. The molecule has 1 N–H and O–H groups in total. The molecule has 2 aromatic rings. The van der Waals surface area contributed by atoms with E-state index in [0.29, 0.717) is 12.1 Å². The van der Waals surface area contributed by atoms with Crippen LogP contribution in [0.3, 0.4) is 0 Å². The molecule has 16 heavy (non-hydrogen) atoms. The number of anilines is 1. The molecule has 0 aliphatic carbocycles. The number of nitrogens with zero attached hydrogens (tertiary/aromatic N) is 2. The van der Waals surface area contributed by atoms with Crippen LogP contribution >= 0.6 is 0 Å². The van der Waals surface area contributed by atoms with Gasteiger partial charge in [0, 0.05) is 18.9 Å². The average Bonchev–Trinajstić information content (AvgIpc) is 2.38. The zero-order valence-electron chi connectivity index (χ0n) is 8.72. The van der Waals surface area contributed by atoms with E-state index in [9.17, 15) is 0 Å². The van der Waals surface area contributed by atoms with Gasteiger partial charge in [0.15, 0.2) is 0 Å². The largest absolute Gasteiger partial charge is 0.380 e. The summed E-state index contributed by atoms with van der Waals surface area (Å²) in [6, 6.07) is 13.5. The molecule has 0 atom stereocenters. The standard InChI is InChI=1S/C13H11N3/c14-8-12-5-1-2-6-13(12)16-10-11-4-3-7-15-9-11/h1-7,9,16H,10H2. The van der Waals surface area contributed by atoms with Gasteiger partial charge in [0.25, 0.3) is 0 Å². The Labute approximate surface area is 94.4 Å². The van der Waals surface area contributed by atoms with Gasteiger partial charge in [-0.1, -0.05) is 18.2 Å². The predicted octanol–water partition coefficient (Wildman–Crippen LogP) is 2.57. The van der Waals surface area contributed by atoms with Crippen molar-refractivity contribution < 1.29 is 0 Å². The molecular weight excluding hydrogens is 198 g/mol. The van der Waals surface area contributed by atoms with Gasteiger partial charge in [-0.3, -0.25) is 4.98 Å². The van der Waals surface area contributed by atoms with Crippen LogP contribution in [0.25, 0.3) is 0 Å². The summed E-state index contributed by atoms with van der Waals surface area (Å²) >= 11 is 0. The lowest BCUT2D eigenvalue weighted by atomic mass is 10.2. The molecule has 0 saturated heterocycles. The summed E-state index contributed by atoms with van der Waals surface area (Å²) in [4.78, 5) is 4.03. The fourth-order valence-electron chi connectivity index (χ4n) is 1.43. The van der Waals surface area contributed by atoms with Gasteiger partial charge in [-0.25, -0.2) is 0 Å². The van der Waals surface area contributed by atoms with E-state index < -0.39 is 0 Å². The van der Waals surface area contributed by atoms with Crippen LogP contribution in [-0.4, -0.2) is 4.98 Å². The van der Waals surface area contributed by atoms with Crippen molar-refractivity contribution in [3.63, 3.8) is 0 Å². The number of aromatic nitrogens is 1. The number of rotatable bonds is 3. The van der Waals surface area contributed by atoms with Crippen LogP contribution in [-0.2, 0) is 6.54 Å². The summed E-state index contributed by atoms with van der Waals surface area (Å²) in [5.74, 6) is 0. The molecule has 0 unspecified atom stereocenters. The predicted molar refractivity (Wildman–Crippen MR) is 62.7 cm³/mol. The van der Waals surface area contributed by atoms with Crippen LogP contribution in [0.15, 0.2) is 48.8 Å². The van der Waals surface area contributed by atoms with Crippen LogP contribution in [0, 0.1) is 11.3 Å². The lowest BCUT2D eigenvalue weighted by molar-refractivity contribution is 1.11. The molecular formula is C13H11N3. The highest BCUT2D eigenvalue weighted by Gasteiger charge is 1.99. The van der Waals surface area contributed by atoms with Gasteiger partial charge in [-0.05, 0) is 23.8 Å². The van der Waals surface area contributed by atoms with Crippen LogP contribution in [0.1, 0.15) is 11.1 Å². The van der Waals surface area contributed by atoms with E-state index in [-0.39, 0.29) is 0 Å². The Balaban J connectivity index is 2.09. The molecule has 0 radical (unpaired) electrons. The third-order valence-electron chi connectivity index (χ3n) is 2.25. The first-order valence-corrected chi connectivity index (χ1v) is 5.02. The second-order valence-electron chi connectivity index (χ2n) is 3.37. The Morgan fingerprint density at radius 3 is 2.81 bits per heavy atom. The lowest BCUT2D eigenvalue weighted by Gasteiger charge is -2.07. The topological polar surface area (TPSA) is 48.7 Å². The Kier molecular flexibility index (Phi) is 3.15. The van der Waals surface area contributed by atoms with E-state index in [0.717, 1.165) is 11.3 Å². The molecule has 1 aromatic carbocycles. The monoisotopic (exact) mass is 209 g/mol. The number of pyridine rings is 1. The molecule has 3 nitrogen and oxygen atoms in total. The Hall–Kier alpha value is -2.34. The van der Waals surface area contributed by atoms with E-state index in [1.54, 1.807) is 12.3 Å². The highest BCUT2D eigenvalue weighted by molar-refractivity contribution is 5.57. The molecule has 0 bridgehead atoms. The zero-order chi connectivity index (χ0) is 11.2. The first-order valence-electron chi connectivity index (χ1n) is 5.02. The molecule has 2 rings (SSSR count). The summed E-state index contributed by atoms with van der Waals surface area (Å²) < 4.78 is 0. The Morgan fingerprint density at radius 1 is 1.19 bits per heavy atom. The first kappa shape index (κ1) is 10.2. The van der Waals surface area contributed by atoms with E-state index in [1.165, 1.54) is 0 Å². The van der Waals surface area contributed by atoms with Crippen molar-refractivity contribution in [2.75, 3.05) is 5.32 Å². The summed E-state index contributed by atoms with van der Waals surface area (Å²) in [5.41, 5.74) is 2.61. The summed E-state index contributed by atoms with van der Waals surface area (Å²) in [7, 11) is 0. The third kappa shape index (κ3) is 2.37. The van der Waals surface area contributed by atoms with Gasteiger partial charge >= 0.3 is 0 Å². The number of para-hydroxylation sites is 1. The van der Waals surface area contributed by atoms with Crippen molar-refractivity contribution in [3.8, 4) is 6.07 Å². The van der Waals surface area contributed by atoms with E-state index in [4.69, 9.17) is 5.26 Å². The number of benzene rings is 1. The Morgan fingerprint density at radius 2 is 2.06 bits per heavy atom. The number of nitriles is 1. The molecule has 0 aliphatic rings. The molecule has 1 aromatic heterocycles. The Bertz CT molecular complexity index is 500. The molecule has 0 aliphatic heterocycles. The molecule has 0 spiro atoms. The minimum Gasteiger partial charge on any atom is -0.380 e. The second kappa shape index (κ2) is 4.94. The van der Waals surface area contributed by atoms with Gasteiger partial charge in [-0.15, -0.1) is 0 Å². The molecule has 3 heteroatoms. The van der Waals surface area contributed by atoms with Crippen molar-refractivity contribution in [1.29, 1.82) is 5.26 Å². The molecule has 0 saturated carbocycles. The molecule has 0 fully saturated rings. The fourth-order valence-corrected chi connectivity index (χ4v) is 1.43. The van der Waals surface area contributed by atoms with E-state index in [1.807, 2.05) is 36.5 Å². The summed E-state index contributed by atoms with van der Waals surface area (Å²) in [6.07, 6.45) is 3.55. The smallest absolute Gasteiger partial charge is 0.101 e. The number of hydrogen-bond donors (Lipinski definition) is 1. The van der Waals surface area contributed by atoms with Crippen molar-refractivity contribution in [2.24, 2.45) is 0 Å². The highest BCUT2D eigenvalue weighted by Crippen LogP contribution is 2.14. The lowest BCUT2D eigenvalue weighted by Crippen LogP contribution is -2.01. The van der Waals surface area contributed by atoms with E-state index in [2.05, 4.69) is 16.4 Å². The maximum atomic E-state index is 8.91. The average molecular weight is 209 g/mol. The van der Waals surface area contributed by atoms with Crippen LogP contribution in [0.2, 0.25) is 0 Å². The summed E-state index contributed by atoms with van der Waals surface area (Å²) in [6.45, 7) is 0.673. The highest BCUT2D eigenvalue weighted by atomic mass is 14.9. The number of nitrogens with one attached hydrogen (secondary N) is 1. The van der Waals surface area contributed by atoms with Crippen LogP contribution in [0.5, 0.6) is 0 Å². The van der Waals surface area contributed by atoms with Gasteiger partial charge < -0.3 is 5.32 Å².